The summed E-state index contributed by atoms with van der Waals surface area (Å²) in [4.78, 5) is 22.1. The summed E-state index contributed by atoms with van der Waals surface area (Å²) in [6, 6.07) is 0. The van der Waals surface area contributed by atoms with E-state index in [1.54, 1.807) is 0 Å². The van der Waals surface area contributed by atoms with Crippen molar-refractivity contribution in [2.75, 3.05) is 6.54 Å². The van der Waals surface area contributed by atoms with Crippen LogP contribution >= 0.6 is 0 Å². The molecule has 0 radical (unpaired) electrons. The van der Waals surface area contributed by atoms with Gasteiger partial charge >= 0.3 is 0 Å². The first-order chi connectivity index (χ1) is 5.75. The lowest BCUT2D eigenvalue weighted by atomic mass is 9.98. The Kier molecular flexibility index (Phi) is 3.17. The maximum absolute atomic E-state index is 11.0. The van der Waals surface area contributed by atoms with Crippen LogP contribution in [0.1, 0.15) is 19.3 Å². The van der Waals surface area contributed by atoms with Gasteiger partial charge in [-0.05, 0) is 31.5 Å². The van der Waals surface area contributed by atoms with E-state index in [4.69, 9.17) is 5.73 Å². The molecule has 0 aromatic heterocycles. The Bertz CT molecular complexity index is 203. The highest BCUT2D eigenvalue weighted by Crippen LogP contribution is 2.17. The zero-order valence-corrected chi connectivity index (χ0v) is 6.95. The third kappa shape index (κ3) is 2.01. The van der Waals surface area contributed by atoms with Gasteiger partial charge in [0.2, 0.25) is 0 Å². The molecule has 0 heterocycles. The molecule has 1 aliphatic rings. The molecule has 0 atom stereocenters. The molecule has 0 amide bonds. The van der Waals surface area contributed by atoms with Crippen LogP contribution < -0.4 is 5.73 Å². The first kappa shape index (κ1) is 9.13. The number of nitrogens with two attached hydrogens (primary N) is 1. The van der Waals surface area contributed by atoms with Crippen LogP contribution in [0.5, 0.6) is 0 Å². The fourth-order valence-corrected chi connectivity index (χ4v) is 1.31. The van der Waals surface area contributed by atoms with Crippen molar-refractivity contribution in [3.63, 3.8) is 0 Å². The molecule has 0 fully saturated rings. The lowest BCUT2D eigenvalue weighted by Crippen LogP contribution is -2.15. The molecule has 3 nitrogen and oxygen atoms in total. The normalized spacial score (nSPS) is 17.8. The van der Waals surface area contributed by atoms with Gasteiger partial charge in [0.1, 0.15) is 0 Å². The Labute approximate surface area is 71.6 Å². The molecule has 1 aliphatic carbocycles. The zero-order chi connectivity index (χ0) is 8.97. The SMILES string of the molecule is NCCCCC1C(=O)C=CC1=O. The maximum Gasteiger partial charge on any atom is 0.166 e. The maximum atomic E-state index is 11.0. The van der Waals surface area contributed by atoms with Crippen LogP contribution in [0.2, 0.25) is 0 Å². The fraction of sp³-hybridized carbons (Fsp3) is 0.556. The molecule has 0 spiro atoms. The van der Waals surface area contributed by atoms with Gasteiger partial charge in [0, 0.05) is 0 Å². The minimum absolute atomic E-state index is 0.0444. The van der Waals surface area contributed by atoms with Crippen molar-refractivity contribution in [2.24, 2.45) is 11.7 Å². The number of ketones is 2. The molecule has 0 saturated heterocycles. The molecule has 12 heavy (non-hydrogen) atoms. The van der Waals surface area contributed by atoms with Crippen molar-refractivity contribution in [3.05, 3.63) is 12.2 Å². The Morgan fingerprint density at radius 3 is 2.25 bits per heavy atom. The van der Waals surface area contributed by atoms with Crippen molar-refractivity contribution in [1.82, 2.24) is 0 Å². The van der Waals surface area contributed by atoms with Crippen LogP contribution in [-0.4, -0.2) is 18.1 Å². The number of carbonyl (C=O) groups is 2. The van der Waals surface area contributed by atoms with Crippen molar-refractivity contribution >= 4 is 11.6 Å². The van der Waals surface area contributed by atoms with Crippen LogP contribution in [0.3, 0.4) is 0 Å². The lowest BCUT2D eigenvalue weighted by molar-refractivity contribution is -0.126. The lowest BCUT2D eigenvalue weighted by Gasteiger charge is -2.04. The second-order valence-electron chi connectivity index (χ2n) is 2.98. The summed E-state index contributed by atoms with van der Waals surface area (Å²) in [6.07, 6.45) is 5.14. The summed E-state index contributed by atoms with van der Waals surface area (Å²) < 4.78 is 0. The third-order valence-corrected chi connectivity index (χ3v) is 2.05. The number of rotatable bonds is 4. The van der Waals surface area contributed by atoms with E-state index in [1.165, 1.54) is 12.2 Å². The molecular weight excluding hydrogens is 154 g/mol. The van der Waals surface area contributed by atoms with Gasteiger partial charge in [-0.2, -0.15) is 0 Å². The minimum Gasteiger partial charge on any atom is -0.330 e. The van der Waals surface area contributed by atoms with Crippen LogP contribution in [-0.2, 0) is 9.59 Å². The van der Waals surface area contributed by atoms with Crippen LogP contribution in [0, 0.1) is 5.92 Å². The van der Waals surface area contributed by atoms with E-state index in [0.717, 1.165) is 12.8 Å². The van der Waals surface area contributed by atoms with Gasteiger partial charge in [-0.3, -0.25) is 9.59 Å². The van der Waals surface area contributed by atoms with Gasteiger partial charge < -0.3 is 5.73 Å². The van der Waals surface area contributed by atoms with Gasteiger partial charge in [-0.1, -0.05) is 6.42 Å². The molecule has 0 bridgehead atoms. The predicted octanol–water partition coefficient (Wildman–Crippen LogP) is 0.440. The molecule has 0 unspecified atom stereocenters. The van der Waals surface area contributed by atoms with Crippen LogP contribution in [0.15, 0.2) is 12.2 Å². The van der Waals surface area contributed by atoms with Crippen LogP contribution in [0.25, 0.3) is 0 Å². The summed E-state index contributed by atoms with van der Waals surface area (Å²) in [5.74, 6) is -0.481. The topological polar surface area (TPSA) is 60.2 Å². The molecule has 0 saturated carbocycles. The van der Waals surface area contributed by atoms with E-state index in [-0.39, 0.29) is 11.6 Å². The Morgan fingerprint density at radius 2 is 1.75 bits per heavy atom. The second kappa shape index (κ2) is 4.16. The van der Waals surface area contributed by atoms with Gasteiger partial charge in [0.15, 0.2) is 11.6 Å². The van der Waals surface area contributed by atoms with Gasteiger partial charge in [-0.15, -0.1) is 0 Å². The quantitative estimate of drug-likeness (QED) is 0.488. The highest BCUT2D eigenvalue weighted by molar-refractivity contribution is 6.18. The van der Waals surface area contributed by atoms with E-state index in [9.17, 15) is 9.59 Å². The third-order valence-electron chi connectivity index (χ3n) is 2.05. The molecule has 0 aromatic carbocycles. The zero-order valence-electron chi connectivity index (χ0n) is 6.95. The van der Waals surface area contributed by atoms with Crippen molar-refractivity contribution in [1.29, 1.82) is 0 Å². The molecule has 3 heteroatoms. The summed E-state index contributed by atoms with van der Waals surface area (Å²) in [7, 11) is 0. The average Bonchev–Trinajstić information content (AvgIpc) is 2.35. The highest BCUT2D eigenvalue weighted by Gasteiger charge is 2.26. The summed E-state index contributed by atoms with van der Waals surface area (Å²) in [5, 5.41) is 0. The first-order valence-corrected chi connectivity index (χ1v) is 4.21. The van der Waals surface area contributed by atoms with Gasteiger partial charge in [-0.25, -0.2) is 0 Å². The second-order valence-corrected chi connectivity index (χ2v) is 2.98. The molecule has 1 rings (SSSR count). The van der Waals surface area contributed by atoms with Crippen molar-refractivity contribution < 1.29 is 9.59 Å². The average molecular weight is 167 g/mol. The van der Waals surface area contributed by atoms with E-state index < -0.39 is 5.92 Å². The Morgan fingerprint density at radius 1 is 1.17 bits per heavy atom. The predicted molar refractivity (Wildman–Crippen MR) is 45.5 cm³/mol. The van der Waals surface area contributed by atoms with E-state index in [0.29, 0.717) is 13.0 Å². The smallest absolute Gasteiger partial charge is 0.166 e. The molecule has 0 aliphatic heterocycles. The number of allylic oxidation sites excluding steroid dienone is 2. The van der Waals surface area contributed by atoms with E-state index in [2.05, 4.69) is 0 Å². The fourth-order valence-electron chi connectivity index (χ4n) is 1.31. The number of hydrogen-bond donors (Lipinski definition) is 1. The van der Waals surface area contributed by atoms with Crippen LogP contribution in [0.4, 0.5) is 0 Å². The number of unbranched alkanes of at least 4 members (excludes halogenated alkanes) is 1. The van der Waals surface area contributed by atoms with E-state index in [1.807, 2.05) is 0 Å². The summed E-state index contributed by atoms with van der Waals surface area (Å²) >= 11 is 0. The Hall–Kier alpha value is -0.960. The number of carbonyl (C=O) groups excluding carboxylic acids is 2. The molecular formula is C9H13NO2. The highest BCUT2D eigenvalue weighted by atomic mass is 16.2. The number of hydrogen-bond acceptors (Lipinski definition) is 3. The summed E-state index contributed by atoms with van der Waals surface area (Å²) in [6.45, 7) is 0.628. The van der Waals surface area contributed by atoms with Crippen molar-refractivity contribution in [2.45, 2.75) is 19.3 Å². The van der Waals surface area contributed by atoms with E-state index >= 15 is 0 Å². The molecule has 0 aromatic rings. The van der Waals surface area contributed by atoms with Crippen molar-refractivity contribution in [3.8, 4) is 0 Å². The standard InChI is InChI=1S/C9H13NO2/c10-6-2-1-3-7-8(11)4-5-9(7)12/h4-5,7H,1-3,6,10H2. The first-order valence-electron chi connectivity index (χ1n) is 4.21. The van der Waals surface area contributed by atoms with Gasteiger partial charge in [0.05, 0.1) is 5.92 Å². The largest absolute Gasteiger partial charge is 0.330 e. The Balaban J connectivity index is 2.33. The minimum atomic E-state index is -0.392. The monoisotopic (exact) mass is 167 g/mol. The summed E-state index contributed by atoms with van der Waals surface area (Å²) in [5.41, 5.74) is 5.30. The van der Waals surface area contributed by atoms with Gasteiger partial charge in [0.25, 0.3) is 0 Å². The molecule has 2 N–H and O–H groups in total. The molecule has 66 valence electrons.